The van der Waals surface area contributed by atoms with Crippen LogP contribution in [0.1, 0.15) is 31.9 Å². The summed E-state index contributed by atoms with van der Waals surface area (Å²) in [4.78, 5) is 0. The van der Waals surface area contributed by atoms with Gasteiger partial charge in [-0.15, -0.1) is 5.54 Å². The van der Waals surface area contributed by atoms with E-state index in [9.17, 15) is 5.11 Å². The van der Waals surface area contributed by atoms with E-state index in [0.717, 1.165) is 22.4 Å². The molecule has 0 heterocycles. The SMILES string of the molecule is COc1ccc(/C(=C\c2ccccc2)C(O)C#C[Si](C)(C)C(C)(C)C)cc1. The van der Waals surface area contributed by atoms with Crippen LogP contribution in [0.4, 0.5) is 0 Å². The fraction of sp³-hybridized carbons (Fsp3) is 0.333. The van der Waals surface area contributed by atoms with E-state index in [1.54, 1.807) is 7.11 Å². The van der Waals surface area contributed by atoms with Gasteiger partial charge in [0, 0.05) is 5.57 Å². The second-order valence-electron chi connectivity index (χ2n) is 8.29. The maximum atomic E-state index is 10.9. The zero-order valence-electron chi connectivity index (χ0n) is 17.2. The van der Waals surface area contributed by atoms with Gasteiger partial charge in [-0.1, -0.05) is 82.3 Å². The quantitative estimate of drug-likeness (QED) is 0.423. The zero-order chi connectivity index (χ0) is 20.1. The maximum Gasteiger partial charge on any atom is 0.140 e. The fourth-order valence-corrected chi connectivity index (χ4v) is 3.22. The monoisotopic (exact) mass is 378 g/mol. The maximum absolute atomic E-state index is 10.9. The Hall–Kier alpha value is -2.28. The van der Waals surface area contributed by atoms with Crippen molar-refractivity contribution in [2.24, 2.45) is 0 Å². The van der Waals surface area contributed by atoms with Gasteiger partial charge in [0.25, 0.3) is 0 Å². The predicted molar refractivity (Wildman–Crippen MR) is 118 cm³/mol. The van der Waals surface area contributed by atoms with Crippen LogP contribution >= 0.6 is 0 Å². The average Bonchev–Trinajstić information content (AvgIpc) is 2.64. The van der Waals surface area contributed by atoms with Crippen LogP contribution in [0.15, 0.2) is 54.6 Å². The Morgan fingerprint density at radius 1 is 1.04 bits per heavy atom. The van der Waals surface area contributed by atoms with Crippen molar-refractivity contribution in [1.29, 1.82) is 0 Å². The third-order valence-electron chi connectivity index (χ3n) is 5.24. The van der Waals surface area contributed by atoms with Crippen molar-refractivity contribution in [3.05, 3.63) is 65.7 Å². The average molecular weight is 379 g/mol. The second-order valence-corrected chi connectivity index (χ2v) is 13.3. The van der Waals surface area contributed by atoms with E-state index in [4.69, 9.17) is 4.74 Å². The Labute approximate surface area is 164 Å². The molecule has 0 aromatic heterocycles. The summed E-state index contributed by atoms with van der Waals surface area (Å²) in [5.41, 5.74) is 6.21. The Morgan fingerprint density at radius 2 is 1.63 bits per heavy atom. The van der Waals surface area contributed by atoms with Crippen LogP contribution in [0.25, 0.3) is 11.6 Å². The van der Waals surface area contributed by atoms with Gasteiger partial charge in [0.15, 0.2) is 0 Å². The van der Waals surface area contributed by atoms with Crippen LogP contribution in [-0.4, -0.2) is 26.4 Å². The smallest absolute Gasteiger partial charge is 0.140 e. The molecule has 0 bridgehead atoms. The number of hydrogen-bond donors (Lipinski definition) is 1. The highest BCUT2D eigenvalue weighted by molar-refractivity contribution is 6.87. The Morgan fingerprint density at radius 3 is 2.15 bits per heavy atom. The minimum absolute atomic E-state index is 0.156. The second kappa shape index (κ2) is 8.60. The molecule has 0 saturated heterocycles. The summed E-state index contributed by atoms with van der Waals surface area (Å²) in [7, 11) is -0.142. The van der Waals surface area contributed by atoms with Crippen LogP contribution in [0.2, 0.25) is 18.1 Å². The van der Waals surface area contributed by atoms with Crippen LogP contribution in [-0.2, 0) is 0 Å². The lowest BCUT2D eigenvalue weighted by atomic mass is 9.98. The van der Waals surface area contributed by atoms with Crippen LogP contribution in [0.5, 0.6) is 5.75 Å². The summed E-state index contributed by atoms with van der Waals surface area (Å²) >= 11 is 0. The molecule has 0 aliphatic carbocycles. The van der Waals surface area contributed by atoms with Crippen LogP contribution in [0, 0.1) is 11.5 Å². The highest BCUT2D eigenvalue weighted by Gasteiger charge is 2.33. The highest BCUT2D eigenvalue weighted by Crippen LogP contribution is 2.35. The topological polar surface area (TPSA) is 29.5 Å². The Kier molecular flexibility index (Phi) is 6.70. The summed E-state index contributed by atoms with van der Waals surface area (Å²) < 4.78 is 5.25. The molecule has 1 N–H and O–H groups in total. The van der Waals surface area contributed by atoms with Gasteiger partial charge in [0.2, 0.25) is 0 Å². The molecular formula is C24H30O2Si. The van der Waals surface area contributed by atoms with E-state index >= 15 is 0 Å². The number of benzene rings is 2. The van der Waals surface area contributed by atoms with Gasteiger partial charge in [0.05, 0.1) is 7.11 Å². The molecule has 2 aromatic rings. The molecule has 142 valence electrons. The molecule has 0 fully saturated rings. The first-order chi connectivity index (χ1) is 12.6. The first kappa shape index (κ1) is 21.0. The summed E-state index contributed by atoms with van der Waals surface area (Å²) in [6, 6.07) is 17.8. The molecule has 0 radical (unpaired) electrons. The largest absolute Gasteiger partial charge is 0.497 e. The molecule has 27 heavy (non-hydrogen) atoms. The van der Waals surface area contributed by atoms with E-state index in [1.807, 2.05) is 60.7 Å². The van der Waals surface area contributed by atoms with Gasteiger partial charge < -0.3 is 9.84 Å². The van der Waals surface area contributed by atoms with E-state index in [0.29, 0.717) is 0 Å². The first-order valence-corrected chi connectivity index (χ1v) is 12.3. The van der Waals surface area contributed by atoms with Gasteiger partial charge in [-0.2, -0.15) is 0 Å². The summed E-state index contributed by atoms with van der Waals surface area (Å²) in [6.07, 6.45) is 1.17. The van der Waals surface area contributed by atoms with Gasteiger partial charge >= 0.3 is 0 Å². The van der Waals surface area contributed by atoms with Crippen molar-refractivity contribution in [3.8, 4) is 17.2 Å². The molecule has 0 aliphatic rings. The molecule has 3 heteroatoms. The summed E-state index contributed by atoms with van der Waals surface area (Å²) in [5, 5.41) is 11.1. The zero-order valence-corrected chi connectivity index (χ0v) is 18.2. The predicted octanol–water partition coefficient (Wildman–Crippen LogP) is 5.65. The van der Waals surface area contributed by atoms with Crippen molar-refractivity contribution in [2.45, 2.75) is 45.0 Å². The van der Waals surface area contributed by atoms with Crippen molar-refractivity contribution >= 4 is 19.7 Å². The minimum atomic E-state index is -1.79. The number of methoxy groups -OCH3 is 1. The van der Waals surface area contributed by atoms with Crippen molar-refractivity contribution < 1.29 is 9.84 Å². The van der Waals surface area contributed by atoms with Crippen molar-refractivity contribution in [1.82, 2.24) is 0 Å². The third-order valence-corrected chi connectivity index (χ3v) is 9.76. The van der Waals surface area contributed by atoms with Gasteiger partial charge in [-0.3, -0.25) is 0 Å². The first-order valence-electron chi connectivity index (χ1n) is 9.26. The Balaban J connectivity index is 2.45. The van der Waals surface area contributed by atoms with Crippen LogP contribution < -0.4 is 4.74 Å². The molecule has 0 spiro atoms. The van der Waals surface area contributed by atoms with E-state index in [-0.39, 0.29) is 5.04 Å². The molecule has 0 aliphatic heterocycles. The normalized spacial score (nSPS) is 13.5. The van der Waals surface area contributed by atoms with Crippen molar-refractivity contribution in [2.75, 3.05) is 7.11 Å². The number of ether oxygens (including phenoxy) is 1. The molecule has 2 nitrogen and oxygen atoms in total. The highest BCUT2D eigenvalue weighted by atomic mass is 28.3. The van der Waals surface area contributed by atoms with Crippen molar-refractivity contribution in [3.63, 3.8) is 0 Å². The molecule has 1 unspecified atom stereocenters. The summed E-state index contributed by atoms with van der Waals surface area (Å²) in [6.45, 7) is 11.2. The fourth-order valence-electron chi connectivity index (χ4n) is 2.35. The number of aliphatic hydroxyl groups is 1. The number of aliphatic hydroxyl groups excluding tert-OH is 1. The number of rotatable bonds is 4. The van der Waals surface area contributed by atoms with E-state index in [2.05, 4.69) is 45.3 Å². The minimum Gasteiger partial charge on any atom is -0.497 e. The van der Waals surface area contributed by atoms with Crippen LogP contribution in [0.3, 0.4) is 0 Å². The molecule has 2 aromatic carbocycles. The van der Waals surface area contributed by atoms with Gasteiger partial charge in [-0.05, 0) is 34.4 Å². The lowest BCUT2D eigenvalue weighted by Crippen LogP contribution is -2.36. The van der Waals surface area contributed by atoms with E-state index in [1.165, 1.54) is 0 Å². The molecule has 0 amide bonds. The molecule has 0 saturated carbocycles. The standard InChI is InChI=1S/C24H30O2Si/c1-24(2,3)27(5,6)17-16-23(25)22(18-19-10-8-7-9-11-19)20-12-14-21(26-4)15-13-20/h7-15,18,23,25H,1-6H3/b22-18+. The summed E-state index contributed by atoms with van der Waals surface area (Å²) in [5.74, 6) is 3.94. The van der Waals surface area contributed by atoms with E-state index < -0.39 is 14.2 Å². The molecule has 1 atom stereocenters. The van der Waals surface area contributed by atoms with Gasteiger partial charge in [0.1, 0.15) is 19.9 Å². The lowest BCUT2D eigenvalue weighted by Gasteiger charge is -2.31. The lowest BCUT2D eigenvalue weighted by molar-refractivity contribution is 0.290. The third kappa shape index (κ3) is 5.59. The number of hydrogen-bond acceptors (Lipinski definition) is 2. The van der Waals surface area contributed by atoms with Gasteiger partial charge in [-0.25, -0.2) is 0 Å². The molecule has 2 rings (SSSR count). The molecular weight excluding hydrogens is 348 g/mol. The Bertz CT molecular complexity index is 832.